The third-order valence-corrected chi connectivity index (χ3v) is 5.30. The summed E-state index contributed by atoms with van der Waals surface area (Å²) in [6.07, 6.45) is 2.07. The quantitative estimate of drug-likeness (QED) is 0.739. The molecular formula is C21H25N5O2. The van der Waals surface area contributed by atoms with Crippen molar-refractivity contribution in [2.75, 3.05) is 0 Å². The van der Waals surface area contributed by atoms with E-state index in [0.717, 1.165) is 35.2 Å². The molecule has 7 nitrogen and oxygen atoms in total. The van der Waals surface area contributed by atoms with E-state index in [2.05, 4.69) is 15.5 Å². The topological polar surface area (TPSA) is 81.8 Å². The van der Waals surface area contributed by atoms with E-state index in [4.69, 9.17) is 0 Å². The van der Waals surface area contributed by atoms with E-state index in [1.54, 1.807) is 0 Å². The first-order chi connectivity index (χ1) is 13.3. The third-order valence-electron chi connectivity index (χ3n) is 5.30. The molecule has 0 aliphatic heterocycles. The second-order valence-electron chi connectivity index (χ2n) is 7.73. The van der Waals surface area contributed by atoms with Crippen LogP contribution in [-0.4, -0.2) is 25.5 Å². The minimum Gasteiger partial charge on any atom is -0.348 e. The molecule has 0 saturated heterocycles. The minimum atomic E-state index is -0.258. The molecule has 1 atom stereocenters. The number of hydrogen-bond acceptors (Lipinski definition) is 4. The number of hydrogen-bond donors (Lipinski definition) is 1. The summed E-state index contributed by atoms with van der Waals surface area (Å²) in [6, 6.07) is 8.17. The van der Waals surface area contributed by atoms with E-state index < -0.39 is 0 Å². The lowest BCUT2D eigenvalue weighted by Crippen LogP contribution is -2.35. The molecule has 1 amide bonds. The average molecular weight is 379 g/mol. The van der Waals surface area contributed by atoms with Gasteiger partial charge in [-0.25, -0.2) is 4.68 Å². The number of rotatable bonds is 5. The molecule has 28 heavy (non-hydrogen) atoms. The molecule has 2 heterocycles. The zero-order chi connectivity index (χ0) is 20.0. The van der Waals surface area contributed by atoms with Crippen molar-refractivity contribution in [2.24, 2.45) is 0 Å². The second kappa shape index (κ2) is 6.89. The van der Waals surface area contributed by atoms with Gasteiger partial charge in [0.2, 0.25) is 5.91 Å². The summed E-state index contributed by atoms with van der Waals surface area (Å²) in [4.78, 5) is 25.6. The zero-order valence-corrected chi connectivity index (χ0v) is 16.7. The molecule has 146 valence electrons. The van der Waals surface area contributed by atoms with Crippen molar-refractivity contribution in [3.63, 3.8) is 0 Å². The van der Waals surface area contributed by atoms with Crippen molar-refractivity contribution in [2.45, 2.75) is 59.2 Å². The number of benzene rings is 1. The van der Waals surface area contributed by atoms with E-state index in [9.17, 15) is 9.59 Å². The Morgan fingerprint density at radius 3 is 2.43 bits per heavy atom. The van der Waals surface area contributed by atoms with E-state index in [-0.39, 0.29) is 30.1 Å². The molecule has 0 radical (unpaired) electrons. The Bertz CT molecular complexity index is 1110. The van der Waals surface area contributed by atoms with Crippen LogP contribution in [0.1, 0.15) is 54.4 Å². The monoisotopic (exact) mass is 379 g/mol. The fraction of sp³-hybridized carbons (Fsp3) is 0.429. The van der Waals surface area contributed by atoms with Gasteiger partial charge in [-0.05, 0) is 46.1 Å². The number of fused-ring (bicyclic) bond motifs is 1. The smallest absolute Gasteiger partial charge is 0.293 e. The van der Waals surface area contributed by atoms with Crippen molar-refractivity contribution >= 4 is 16.8 Å². The van der Waals surface area contributed by atoms with E-state index in [1.807, 2.05) is 56.6 Å². The van der Waals surface area contributed by atoms with Gasteiger partial charge in [-0.2, -0.15) is 10.2 Å². The van der Waals surface area contributed by atoms with Crippen LogP contribution in [0.25, 0.3) is 10.9 Å². The molecule has 1 aliphatic rings. The Hall–Kier alpha value is -2.96. The van der Waals surface area contributed by atoms with E-state index in [0.29, 0.717) is 5.52 Å². The van der Waals surface area contributed by atoms with Crippen molar-refractivity contribution in [3.05, 3.63) is 57.1 Å². The van der Waals surface area contributed by atoms with Crippen LogP contribution in [0.3, 0.4) is 0 Å². The number of aryl methyl sites for hydroxylation is 3. The Morgan fingerprint density at radius 1 is 1.14 bits per heavy atom. The summed E-state index contributed by atoms with van der Waals surface area (Å²) in [6.45, 7) is 7.60. The van der Waals surface area contributed by atoms with Crippen LogP contribution in [0.15, 0.2) is 29.1 Å². The van der Waals surface area contributed by atoms with Gasteiger partial charge in [0.15, 0.2) is 0 Å². The molecule has 1 N–H and O–H groups in total. The fourth-order valence-corrected chi connectivity index (χ4v) is 3.64. The Labute approximate surface area is 163 Å². The van der Waals surface area contributed by atoms with E-state index >= 15 is 0 Å². The standard InChI is InChI=1S/C21H25N5O2/c1-12-5-7-16(8-6-12)13(2)22-18(27)11-25-21(28)20-19(14(3)23-25)15(4)24-26(20)17-9-10-17/h5-8,13,17H,9-11H2,1-4H3,(H,22,27). The highest BCUT2D eigenvalue weighted by Crippen LogP contribution is 2.36. The summed E-state index contributed by atoms with van der Waals surface area (Å²) >= 11 is 0. The maximum absolute atomic E-state index is 13.0. The lowest BCUT2D eigenvalue weighted by atomic mass is 10.1. The number of nitrogens with zero attached hydrogens (tertiary/aromatic N) is 4. The first kappa shape index (κ1) is 18.4. The lowest BCUT2D eigenvalue weighted by molar-refractivity contribution is -0.122. The highest BCUT2D eigenvalue weighted by Gasteiger charge is 2.29. The summed E-state index contributed by atoms with van der Waals surface area (Å²) in [5.41, 5.74) is 4.03. The molecule has 7 heteroatoms. The molecule has 3 aromatic rings. The van der Waals surface area contributed by atoms with Gasteiger partial charge in [0.25, 0.3) is 5.56 Å². The van der Waals surface area contributed by atoms with Crippen LogP contribution in [0.2, 0.25) is 0 Å². The molecule has 1 aromatic carbocycles. The maximum atomic E-state index is 13.0. The number of carbonyl (C=O) groups is 1. The van der Waals surface area contributed by atoms with E-state index in [1.165, 1.54) is 10.2 Å². The van der Waals surface area contributed by atoms with Crippen molar-refractivity contribution in [3.8, 4) is 0 Å². The van der Waals surface area contributed by atoms with Crippen LogP contribution in [0, 0.1) is 20.8 Å². The highest BCUT2D eigenvalue weighted by molar-refractivity contribution is 5.83. The number of nitrogens with one attached hydrogen (secondary N) is 1. The lowest BCUT2D eigenvalue weighted by Gasteiger charge is -2.15. The fourth-order valence-electron chi connectivity index (χ4n) is 3.64. The predicted molar refractivity (Wildman–Crippen MR) is 107 cm³/mol. The van der Waals surface area contributed by atoms with Crippen LogP contribution < -0.4 is 10.9 Å². The van der Waals surface area contributed by atoms with Crippen LogP contribution in [0.5, 0.6) is 0 Å². The highest BCUT2D eigenvalue weighted by atomic mass is 16.2. The van der Waals surface area contributed by atoms with Gasteiger partial charge in [0, 0.05) is 0 Å². The number of aromatic nitrogens is 4. The van der Waals surface area contributed by atoms with Gasteiger partial charge < -0.3 is 5.32 Å². The van der Waals surface area contributed by atoms with Crippen molar-refractivity contribution in [1.82, 2.24) is 24.9 Å². The van der Waals surface area contributed by atoms with Gasteiger partial charge >= 0.3 is 0 Å². The first-order valence-corrected chi connectivity index (χ1v) is 9.67. The average Bonchev–Trinajstić information content (AvgIpc) is 3.42. The molecule has 1 aliphatic carbocycles. The molecule has 0 spiro atoms. The third kappa shape index (κ3) is 3.32. The predicted octanol–water partition coefficient (Wildman–Crippen LogP) is 2.73. The largest absolute Gasteiger partial charge is 0.348 e. The van der Waals surface area contributed by atoms with Crippen LogP contribution >= 0.6 is 0 Å². The summed E-state index contributed by atoms with van der Waals surface area (Å²) in [7, 11) is 0. The zero-order valence-electron chi connectivity index (χ0n) is 16.7. The summed E-state index contributed by atoms with van der Waals surface area (Å²) in [5, 5.41) is 12.7. The van der Waals surface area contributed by atoms with Gasteiger partial charge in [0.05, 0.1) is 28.9 Å². The van der Waals surface area contributed by atoms with Crippen molar-refractivity contribution in [1.29, 1.82) is 0 Å². The van der Waals surface area contributed by atoms with Crippen LogP contribution in [-0.2, 0) is 11.3 Å². The first-order valence-electron chi connectivity index (χ1n) is 9.67. The van der Waals surface area contributed by atoms with Gasteiger partial charge in [-0.3, -0.25) is 14.3 Å². The van der Waals surface area contributed by atoms with Gasteiger partial charge in [0.1, 0.15) is 12.1 Å². The number of amides is 1. The summed E-state index contributed by atoms with van der Waals surface area (Å²) < 4.78 is 3.08. The molecular weight excluding hydrogens is 354 g/mol. The molecule has 1 unspecified atom stereocenters. The Morgan fingerprint density at radius 2 is 1.79 bits per heavy atom. The molecule has 1 saturated carbocycles. The Balaban J connectivity index is 1.60. The van der Waals surface area contributed by atoms with Gasteiger partial charge in [-0.15, -0.1) is 0 Å². The van der Waals surface area contributed by atoms with Gasteiger partial charge in [-0.1, -0.05) is 29.8 Å². The molecule has 0 bridgehead atoms. The normalized spacial score (nSPS) is 15.0. The maximum Gasteiger partial charge on any atom is 0.293 e. The SMILES string of the molecule is Cc1ccc(C(C)NC(=O)Cn2nc(C)c3c(C)nn(C4CC4)c3c2=O)cc1. The number of carbonyl (C=O) groups excluding carboxylic acids is 1. The summed E-state index contributed by atoms with van der Waals surface area (Å²) in [5.74, 6) is -0.240. The molecule has 2 aromatic heterocycles. The second-order valence-corrected chi connectivity index (χ2v) is 7.73. The van der Waals surface area contributed by atoms with Crippen LogP contribution in [0.4, 0.5) is 0 Å². The molecule has 1 fully saturated rings. The molecule has 4 rings (SSSR count). The minimum absolute atomic E-state index is 0.110. The Kier molecular flexibility index (Phi) is 4.53. The van der Waals surface area contributed by atoms with Crippen molar-refractivity contribution < 1.29 is 4.79 Å².